The van der Waals surface area contributed by atoms with Crippen LogP contribution in [0.1, 0.15) is 19.3 Å². The van der Waals surface area contributed by atoms with Gasteiger partial charge in [-0.25, -0.2) is 9.97 Å². The van der Waals surface area contributed by atoms with Crippen LogP contribution < -0.4 is 5.32 Å². The molecule has 1 aromatic carbocycles. The van der Waals surface area contributed by atoms with E-state index in [0.717, 1.165) is 23.7 Å². The minimum absolute atomic E-state index is 0.0860. The van der Waals surface area contributed by atoms with Crippen LogP contribution in [-0.2, 0) is 0 Å². The van der Waals surface area contributed by atoms with E-state index in [-0.39, 0.29) is 12.6 Å². The molecule has 124 valence electrons. The van der Waals surface area contributed by atoms with E-state index >= 15 is 0 Å². The molecule has 1 aliphatic heterocycles. The first-order valence-electron chi connectivity index (χ1n) is 7.77. The lowest BCUT2D eigenvalue weighted by molar-refractivity contribution is -0.138. The van der Waals surface area contributed by atoms with E-state index in [1.165, 1.54) is 0 Å². The first-order chi connectivity index (χ1) is 11.0. The van der Waals surface area contributed by atoms with Gasteiger partial charge in [-0.15, -0.1) is 0 Å². The Hall–Kier alpha value is -1.89. The summed E-state index contributed by atoms with van der Waals surface area (Å²) in [6.07, 6.45) is -1.43. The second-order valence-electron chi connectivity index (χ2n) is 5.88. The van der Waals surface area contributed by atoms with Gasteiger partial charge in [0.25, 0.3) is 0 Å². The van der Waals surface area contributed by atoms with Crippen LogP contribution in [0.2, 0.25) is 0 Å². The number of benzene rings is 1. The Morgan fingerprint density at radius 3 is 2.65 bits per heavy atom. The van der Waals surface area contributed by atoms with E-state index in [2.05, 4.69) is 15.3 Å². The van der Waals surface area contributed by atoms with Gasteiger partial charge in [0.05, 0.1) is 11.9 Å². The molecule has 0 bridgehead atoms. The maximum absolute atomic E-state index is 12.2. The molecule has 1 aromatic heterocycles. The molecular weight excluding hydrogens is 305 g/mol. The summed E-state index contributed by atoms with van der Waals surface area (Å²) in [6.45, 7) is 1.42. The van der Waals surface area contributed by atoms with Gasteiger partial charge in [-0.1, -0.05) is 18.2 Å². The number of aromatic nitrogens is 2. The molecule has 0 spiro atoms. The Kier molecular flexibility index (Phi) is 4.66. The molecule has 0 radical (unpaired) electrons. The van der Waals surface area contributed by atoms with Crippen LogP contribution in [0.3, 0.4) is 0 Å². The predicted octanol–water partition coefficient (Wildman–Crippen LogP) is 3.46. The second-order valence-corrected chi connectivity index (χ2v) is 5.88. The van der Waals surface area contributed by atoms with Gasteiger partial charge in [0, 0.05) is 37.3 Å². The molecule has 0 amide bonds. The molecule has 23 heavy (non-hydrogen) atoms. The number of likely N-dealkylation sites (tertiary alicyclic amines) is 1. The van der Waals surface area contributed by atoms with Crippen molar-refractivity contribution < 1.29 is 13.2 Å². The van der Waals surface area contributed by atoms with Crippen molar-refractivity contribution in [3.63, 3.8) is 0 Å². The van der Waals surface area contributed by atoms with E-state index < -0.39 is 12.6 Å². The Balaban J connectivity index is 1.51. The SMILES string of the molecule is FC(F)(F)CCN1CCC(Nc2ncc3ccccc3n2)CC1. The van der Waals surface area contributed by atoms with Gasteiger partial charge in [-0.3, -0.25) is 0 Å². The monoisotopic (exact) mass is 324 g/mol. The molecular formula is C16H19F3N4. The summed E-state index contributed by atoms with van der Waals surface area (Å²) in [5.41, 5.74) is 0.882. The lowest BCUT2D eigenvalue weighted by Gasteiger charge is -2.32. The number of hydrogen-bond donors (Lipinski definition) is 1. The molecule has 0 unspecified atom stereocenters. The number of hydrogen-bond acceptors (Lipinski definition) is 4. The number of alkyl halides is 3. The molecule has 7 heteroatoms. The van der Waals surface area contributed by atoms with Gasteiger partial charge in [-0.05, 0) is 18.9 Å². The third-order valence-corrected chi connectivity index (χ3v) is 4.12. The van der Waals surface area contributed by atoms with Crippen LogP contribution in [0.25, 0.3) is 10.9 Å². The molecule has 1 saturated heterocycles. The van der Waals surface area contributed by atoms with Gasteiger partial charge in [0.2, 0.25) is 5.95 Å². The van der Waals surface area contributed by atoms with Crippen molar-refractivity contribution in [3.8, 4) is 0 Å². The van der Waals surface area contributed by atoms with Crippen molar-refractivity contribution >= 4 is 16.9 Å². The maximum atomic E-state index is 12.2. The van der Waals surface area contributed by atoms with E-state index in [0.29, 0.717) is 19.0 Å². The van der Waals surface area contributed by atoms with Crippen LogP contribution in [0.5, 0.6) is 0 Å². The summed E-state index contributed by atoms with van der Waals surface area (Å²) in [4.78, 5) is 10.6. The highest BCUT2D eigenvalue weighted by Gasteiger charge is 2.29. The zero-order valence-electron chi connectivity index (χ0n) is 12.7. The summed E-state index contributed by atoms with van der Waals surface area (Å²) in [5, 5.41) is 4.28. The lowest BCUT2D eigenvalue weighted by atomic mass is 10.1. The number of anilines is 1. The second kappa shape index (κ2) is 6.70. The van der Waals surface area contributed by atoms with E-state index in [1.807, 2.05) is 29.2 Å². The van der Waals surface area contributed by atoms with Gasteiger partial charge < -0.3 is 10.2 Å². The summed E-state index contributed by atoms with van der Waals surface area (Å²) < 4.78 is 36.7. The van der Waals surface area contributed by atoms with E-state index in [1.54, 1.807) is 6.20 Å². The van der Waals surface area contributed by atoms with Crippen molar-refractivity contribution in [2.24, 2.45) is 0 Å². The number of rotatable bonds is 4. The summed E-state index contributed by atoms with van der Waals surface area (Å²) in [7, 11) is 0. The largest absolute Gasteiger partial charge is 0.390 e. The highest BCUT2D eigenvalue weighted by atomic mass is 19.4. The van der Waals surface area contributed by atoms with Crippen LogP contribution in [-0.4, -0.2) is 46.7 Å². The third-order valence-electron chi connectivity index (χ3n) is 4.12. The first-order valence-corrected chi connectivity index (χ1v) is 7.77. The van der Waals surface area contributed by atoms with Gasteiger partial charge in [-0.2, -0.15) is 13.2 Å². The van der Waals surface area contributed by atoms with Crippen LogP contribution in [0.4, 0.5) is 19.1 Å². The molecule has 0 aliphatic carbocycles. The highest BCUT2D eigenvalue weighted by molar-refractivity contribution is 5.78. The quantitative estimate of drug-likeness (QED) is 0.935. The number of nitrogens with zero attached hydrogens (tertiary/aromatic N) is 3. The minimum atomic E-state index is -4.08. The van der Waals surface area contributed by atoms with Crippen LogP contribution in [0, 0.1) is 0 Å². The van der Waals surface area contributed by atoms with Crippen molar-refractivity contribution in [2.45, 2.75) is 31.5 Å². The topological polar surface area (TPSA) is 41.0 Å². The first kappa shape index (κ1) is 16.0. The average molecular weight is 324 g/mol. The molecule has 0 saturated carbocycles. The number of piperidine rings is 1. The number of para-hydroxylation sites is 1. The van der Waals surface area contributed by atoms with Crippen LogP contribution in [0.15, 0.2) is 30.5 Å². The van der Waals surface area contributed by atoms with Gasteiger partial charge in [0.1, 0.15) is 0 Å². The zero-order valence-corrected chi connectivity index (χ0v) is 12.7. The maximum Gasteiger partial charge on any atom is 0.390 e. The highest BCUT2D eigenvalue weighted by Crippen LogP contribution is 2.22. The van der Waals surface area contributed by atoms with E-state index in [9.17, 15) is 13.2 Å². The Morgan fingerprint density at radius 1 is 1.17 bits per heavy atom. The molecule has 0 atom stereocenters. The smallest absolute Gasteiger partial charge is 0.351 e. The van der Waals surface area contributed by atoms with Crippen molar-refractivity contribution in [1.29, 1.82) is 0 Å². The molecule has 1 fully saturated rings. The molecule has 2 heterocycles. The van der Waals surface area contributed by atoms with Gasteiger partial charge >= 0.3 is 6.18 Å². The lowest BCUT2D eigenvalue weighted by Crippen LogP contribution is -2.40. The molecule has 3 rings (SSSR count). The Labute approximate surface area is 132 Å². The molecule has 2 aromatic rings. The number of halogens is 3. The predicted molar refractivity (Wildman–Crippen MR) is 83.3 cm³/mol. The summed E-state index contributed by atoms with van der Waals surface area (Å²) >= 11 is 0. The fourth-order valence-electron chi connectivity index (χ4n) is 2.81. The molecule has 1 aliphatic rings. The van der Waals surface area contributed by atoms with Crippen molar-refractivity contribution in [3.05, 3.63) is 30.5 Å². The Bertz CT molecular complexity index is 651. The summed E-state index contributed by atoms with van der Waals surface area (Å²) in [5.74, 6) is 0.581. The standard InChI is InChI=1S/C16H19F3N4/c17-16(18,19)7-10-23-8-5-13(6-9-23)21-15-20-11-12-3-1-2-4-14(12)22-15/h1-4,11,13H,5-10H2,(H,20,21,22). The fourth-order valence-corrected chi connectivity index (χ4v) is 2.81. The molecule has 1 N–H and O–H groups in total. The van der Waals surface area contributed by atoms with Crippen molar-refractivity contribution in [1.82, 2.24) is 14.9 Å². The Morgan fingerprint density at radius 2 is 1.91 bits per heavy atom. The van der Waals surface area contributed by atoms with Crippen LogP contribution >= 0.6 is 0 Å². The number of nitrogens with one attached hydrogen (secondary N) is 1. The third kappa shape index (κ3) is 4.54. The average Bonchev–Trinajstić information content (AvgIpc) is 2.53. The van der Waals surface area contributed by atoms with Crippen molar-refractivity contribution in [2.75, 3.05) is 25.0 Å². The summed E-state index contributed by atoms with van der Waals surface area (Å²) in [6, 6.07) is 7.96. The fraction of sp³-hybridized carbons (Fsp3) is 0.500. The number of fused-ring (bicyclic) bond motifs is 1. The minimum Gasteiger partial charge on any atom is -0.351 e. The molecule has 4 nitrogen and oxygen atoms in total. The normalized spacial score (nSPS) is 17.5. The zero-order chi connectivity index (χ0) is 16.3. The van der Waals surface area contributed by atoms with E-state index in [4.69, 9.17) is 0 Å². The van der Waals surface area contributed by atoms with Gasteiger partial charge in [0.15, 0.2) is 0 Å².